The van der Waals surface area contributed by atoms with Gasteiger partial charge in [0.1, 0.15) is 0 Å². The highest BCUT2D eigenvalue weighted by Gasteiger charge is 2.29. The lowest BCUT2D eigenvalue weighted by molar-refractivity contribution is -0.113. The van der Waals surface area contributed by atoms with Gasteiger partial charge in [0, 0.05) is 54.8 Å². The molecule has 15 aromatic rings. The molecule has 0 aliphatic carbocycles. The number of carbonyl (C=O) groups is 2. The smallest absolute Gasteiger partial charge is 0.266 e. The van der Waals surface area contributed by atoms with Crippen LogP contribution in [-0.4, -0.2) is 20.9 Å². The van der Waals surface area contributed by atoms with E-state index in [2.05, 4.69) is 96.6 Å². The van der Waals surface area contributed by atoms with E-state index in [0.29, 0.717) is 66.2 Å². The van der Waals surface area contributed by atoms with E-state index in [9.17, 15) is 9.59 Å². The van der Waals surface area contributed by atoms with Crippen molar-refractivity contribution >= 4 is 152 Å². The number of hydrogen-bond donors (Lipinski definition) is 2. The Labute approximate surface area is 517 Å². The minimum atomic E-state index is -0.373. The first kappa shape index (κ1) is 56.0. The molecule has 0 atom stereocenters. The molecule has 0 aliphatic heterocycles. The van der Waals surface area contributed by atoms with E-state index in [1.54, 1.807) is 13.8 Å². The van der Waals surface area contributed by atoms with Gasteiger partial charge in [-0.05, 0) is 254 Å². The Morgan fingerprint density at radius 2 is 0.533 bits per heavy atom. The van der Waals surface area contributed by atoms with Crippen molar-refractivity contribution in [1.29, 1.82) is 0 Å². The molecule has 2 heterocycles. The highest BCUT2D eigenvalue weighted by Crippen LogP contribution is 2.46. The van der Waals surface area contributed by atoms with Gasteiger partial charge in [0.2, 0.25) is 0 Å². The van der Waals surface area contributed by atoms with Crippen molar-refractivity contribution in [3.8, 4) is 11.4 Å². The molecule has 2 N–H and O–H groups in total. The summed E-state index contributed by atoms with van der Waals surface area (Å²) in [5.41, 5.74) is 4.72. The molecule has 0 bridgehead atoms. The predicted octanol–water partition coefficient (Wildman–Crippen LogP) is 18.4. The molecular formula is C80H64N4O6. The third-order valence-corrected chi connectivity index (χ3v) is 19.0. The second kappa shape index (κ2) is 20.0. The fourth-order valence-corrected chi connectivity index (χ4v) is 14.5. The highest BCUT2D eigenvalue weighted by atomic mass is 16.2. The largest absolute Gasteiger partial charge is 0.322 e. The lowest BCUT2D eigenvalue weighted by Gasteiger charge is -2.23. The van der Waals surface area contributed by atoms with Gasteiger partial charge in [-0.3, -0.25) is 28.8 Å². The van der Waals surface area contributed by atoms with E-state index >= 15 is 19.2 Å². The number of anilines is 2. The number of aromatic nitrogens is 2. The van der Waals surface area contributed by atoms with Crippen molar-refractivity contribution in [2.45, 2.75) is 92.9 Å². The van der Waals surface area contributed by atoms with Crippen molar-refractivity contribution < 1.29 is 9.59 Å². The Balaban J connectivity index is 0.843. The number of pyridine rings is 2. The minimum absolute atomic E-state index is 0.0828. The van der Waals surface area contributed by atoms with Crippen LogP contribution in [0.1, 0.15) is 115 Å². The summed E-state index contributed by atoms with van der Waals surface area (Å²) in [5.74, 6) is -0.921. The number of amides is 2. The first-order chi connectivity index (χ1) is 43.1. The van der Waals surface area contributed by atoms with Crippen LogP contribution < -0.4 is 32.9 Å². The summed E-state index contributed by atoms with van der Waals surface area (Å²) in [5, 5.41) is 27.7. The first-order valence-corrected chi connectivity index (χ1v) is 30.9. The molecule has 2 amide bonds. The van der Waals surface area contributed by atoms with Crippen LogP contribution in [0.2, 0.25) is 0 Å². The first-order valence-electron chi connectivity index (χ1n) is 30.9. The summed E-state index contributed by atoms with van der Waals surface area (Å²) in [6, 6.07) is 49.8. The van der Waals surface area contributed by atoms with Gasteiger partial charge in [0.25, 0.3) is 34.1 Å². The van der Waals surface area contributed by atoms with Gasteiger partial charge >= 0.3 is 0 Å². The maximum atomic E-state index is 15.1. The third-order valence-electron chi connectivity index (χ3n) is 19.0. The molecule has 0 unspecified atom stereocenters. The minimum Gasteiger partial charge on any atom is -0.322 e. The molecule has 10 nitrogen and oxygen atoms in total. The van der Waals surface area contributed by atoms with Gasteiger partial charge < -0.3 is 10.6 Å². The molecule has 0 spiro atoms. The molecule has 15 rings (SSSR count). The zero-order valence-corrected chi connectivity index (χ0v) is 51.9. The van der Waals surface area contributed by atoms with E-state index in [-0.39, 0.29) is 57.7 Å². The monoisotopic (exact) mass is 1180 g/mol. The van der Waals surface area contributed by atoms with Crippen molar-refractivity contribution in [3.05, 3.63) is 234 Å². The van der Waals surface area contributed by atoms with Gasteiger partial charge in [0.05, 0.1) is 11.4 Å². The lowest BCUT2D eigenvalue weighted by Crippen LogP contribution is -2.34. The standard InChI is InChI=1S/C80H64N4O6/c1-37(2)61-33-51(81-75(85)41(9)10)34-62(38(3)4)73(61)83-77(87)57-21-17-53-65-29-47-25-43-13-15-45-27-49-31-67-55-19-23-59-72-60(80(90)84(79(59)89)74-63(39(5)6)35-52(36-64(74)40(7)8)82-76(86)42(11)12)24-20-56(70(55)72)68(67)32-50(49)28-46(45)16-14-44(43)26-48(47)30-66(65)54-18-22-58(78(83)88)71(57)69(53)54/h13-40H,9,11H2,1-8,10,12H3,(H,81,85)(H,82,86). The van der Waals surface area contributed by atoms with Gasteiger partial charge in [-0.15, -0.1) is 0 Å². The summed E-state index contributed by atoms with van der Waals surface area (Å²) in [7, 11) is 0. The molecule has 90 heavy (non-hydrogen) atoms. The average molecular weight is 1180 g/mol. The van der Waals surface area contributed by atoms with Crippen molar-refractivity contribution in [1.82, 2.24) is 9.13 Å². The van der Waals surface area contributed by atoms with E-state index in [0.717, 1.165) is 119 Å². The zero-order valence-electron chi connectivity index (χ0n) is 51.9. The SMILES string of the molecule is C=C(C)C(=O)Nc1cc(C(C)C)c(-n2c(=O)c3ccc4c5cc6cc7ccc8cc9cc%10c(cc9cc8ccc7cc6cc5c5ccc(c2=O)c3c45)c2ccc3c(=O)n(-c4c(C(C)C)cc(NC(=O)C(=C)C)cc4C(C)C)c(=O)c4ccc%10c2c43)c(C(C)C)c1. The van der Waals surface area contributed by atoms with Gasteiger partial charge in [-0.2, -0.15) is 0 Å². The quantitative estimate of drug-likeness (QED) is 0.131. The fraction of sp³-hybridized carbons (Fsp3) is 0.175. The molecule has 0 aliphatic rings. The van der Waals surface area contributed by atoms with Gasteiger partial charge in [-0.25, -0.2) is 9.13 Å². The lowest BCUT2D eigenvalue weighted by atomic mass is 9.91. The third kappa shape index (κ3) is 8.16. The van der Waals surface area contributed by atoms with Gasteiger partial charge in [0.15, 0.2) is 0 Å². The van der Waals surface area contributed by atoms with E-state index in [1.165, 1.54) is 9.13 Å². The van der Waals surface area contributed by atoms with Crippen molar-refractivity contribution in [3.63, 3.8) is 0 Å². The second-order valence-electron chi connectivity index (χ2n) is 26.2. The summed E-state index contributed by atoms with van der Waals surface area (Å²) in [6.07, 6.45) is 0. The Kier molecular flexibility index (Phi) is 12.4. The predicted molar refractivity (Wildman–Crippen MR) is 377 cm³/mol. The van der Waals surface area contributed by atoms with E-state index < -0.39 is 0 Å². The number of nitrogens with zero attached hydrogens (tertiary/aromatic N) is 2. The summed E-state index contributed by atoms with van der Waals surface area (Å²) < 4.78 is 2.73. The van der Waals surface area contributed by atoms with Crippen LogP contribution in [0.3, 0.4) is 0 Å². The molecule has 0 fully saturated rings. The van der Waals surface area contributed by atoms with Crippen LogP contribution in [0.5, 0.6) is 0 Å². The molecule has 13 aromatic carbocycles. The molecule has 10 heteroatoms. The molecule has 0 saturated carbocycles. The number of hydrogen-bond acceptors (Lipinski definition) is 6. The summed E-state index contributed by atoms with van der Waals surface area (Å²) >= 11 is 0. The number of carbonyl (C=O) groups excluding carboxylic acids is 2. The van der Waals surface area contributed by atoms with Crippen LogP contribution >= 0.6 is 0 Å². The molecular weight excluding hydrogens is 1110 g/mol. The average Bonchev–Trinajstić information content (AvgIpc) is 1.49. The number of nitrogens with one attached hydrogen (secondary N) is 2. The highest BCUT2D eigenvalue weighted by molar-refractivity contribution is 6.38. The second-order valence-corrected chi connectivity index (χ2v) is 26.2. The molecule has 0 radical (unpaired) electrons. The van der Waals surface area contributed by atoms with Crippen molar-refractivity contribution in [2.24, 2.45) is 0 Å². The number of fused-ring (bicyclic) bond motifs is 10. The van der Waals surface area contributed by atoms with E-state index in [4.69, 9.17) is 0 Å². The topological polar surface area (TPSA) is 136 Å². The summed E-state index contributed by atoms with van der Waals surface area (Å²) in [4.78, 5) is 85.8. The number of benzene rings is 10. The summed E-state index contributed by atoms with van der Waals surface area (Å²) in [6.45, 7) is 27.2. The molecule has 440 valence electrons. The Bertz CT molecular complexity index is 5370. The van der Waals surface area contributed by atoms with E-state index in [1.807, 2.05) is 128 Å². The Morgan fingerprint density at radius 3 is 0.756 bits per heavy atom. The van der Waals surface area contributed by atoms with Crippen LogP contribution in [0.25, 0.3) is 141 Å². The number of rotatable bonds is 10. The van der Waals surface area contributed by atoms with Crippen LogP contribution in [0, 0.1) is 0 Å². The zero-order chi connectivity index (χ0) is 62.9. The van der Waals surface area contributed by atoms with Gasteiger partial charge in [-0.1, -0.05) is 117 Å². The molecule has 0 saturated heterocycles. The normalized spacial score (nSPS) is 12.4. The fourth-order valence-electron chi connectivity index (χ4n) is 14.5. The van der Waals surface area contributed by atoms with Crippen molar-refractivity contribution in [2.75, 3.05) is 10.6 Å². The molecule has 2 aromatic heterocycles. The Morgan fingerprint density at radius 1 is 0.311 bits per heavy atom. The Hall–Kier alpha value is -10.6. The van der Waals surface area contributed by atoms with Crippen LogP contribution in [0.15, 0.2) is 189 Å². The maximum absolute atomic E-state index is 15.1. The maximum Gasteiger partial charge on any atom is 0.266 e. The van der Waals surface area contributed by atoms with Crippen LogP contribution in [0.4, 0.5) is 11.4 Å². The van der Waals surface area contributed by atoms with Crippen LogP contribution in [-0.2, 0) is 9.59 Å².